The molecule has 2 aromatic rings. The smallest absolute Gasteiger partial charge is 0.309 e. The summed E-state index contributed by atoms with van der Waals surface area (Å²) in [5.74, 6) is -0.286. The van der Waals surface area contributed by atoms with Crippen LogP contribution in [0.1, 0.15) is 30.1 Å². The first-order valence-corrected chi connectivity index (χ1v) is 9.64. The summed E-state index contributed by atoms with van der Waals surface area (Å²) in [5.41, 5.74) is 0.607. The van der Waals surface area contributed by atoms with Crippen LogP contribution in [0.15, 0.2) is 58.6 Å². The van der Waals surface area contributed by atoms with Crippen molar-refractivity contribution < 1.29 is 14.3 Å². The van der Waals surface area contributed by atoms with Gasteiger partial charge in [0.05, 0.1) is 18.1 Å². The maximum atomic E-state index is 13.0. The van der Waals surface area contributed by atoms with Crippen molar-refractivity contribution in [2.24, 2.45) is 5.92 Å². The maximum Gasteiger partial charge on any atom is 0.309 e. The molecule has 0 atom stereocenters. The Labute approximate surface area is 157 Å². The molecule has 0 N–H and O–H groups in total. The van der Waals surface area contributed by atoms with Gasteiger partial charge in [0.1, 0.15) is 5.03 Å². The van der Waals surface area contributed by atoms with E-state index in [2.05, 4.69) is 4.98 Å². The molecule has 0 radical (unpaired) electrons. The number of pyridine rings is 1. The fourth-order valence-electron chi connectivity index (χ4n) is 2.98. The van der Waals surface area contributed by atoms with E-state index in [1.54, 1.807) is 12.3 Å². The van der Waals surface area contributed by atoms with Gasteiger partial charge in [-0.15, -0.1) is 0 Å². The summed E-state index contributed by atoms with van der Waals surface area (Å²) in [6.07, 6.45) is 2.99. The zero-order valence-corrected chi connectivity index (χ0v) is 15.6. The van der Waals surface area contributed by atoms with E-state index in [9.17, 15) is 9.59 Å². The van der Waals surface area contributed by atoms with Crippen molar-refractivity contribution in [3.8, 4) is 0 Å². The molecule has 6 heteroatoms. The van der Waals surface area contributed by atoms with Crippen molar-refractivity contribution in [2.75, 3.05) is 19.7 Å². The summed E-state index contributed by atoms with van der Waals surface area (Å²) in [4.78, 5) is 32.1. The van der Waals surface area contributed by atoms with Gasteiger partial charge in [0.2, 0.25) is 0 Å². The van der Waals surface area contributed by atoms with Gasteiger partial charge in [0, 0.05) is 24.2 Å². The molecular formula is C20H22N2O3S. The molecule has 0 spiro atoms. The van der Waals surface area contributed by atoms with E-state index in [-0.39, 0.29) is 17.8 Å². The van der Waals surface area contributed by atoms with Gasteiger partial charge in [-0.05, 0) is 44.0 Å². The van der Waals surface area contributed by atoms with Gasteiger partial charge in [-0.3, -0.25) is 9.59 Å². The second kappa shape index (κ2) is 8.85. The standard InChI is InChI=1S/C20H22N2O3S/c1-2-25-20(24)15-10-13-22(14-11-15)19(23)17-9-6-12-21-18(17)26-16-7-4-3-5-8-16/h3-9,12,15H,2,10-11,13-14H2,1H3. The number of nitrogens with zero attached hydrogens (tertiary/aromatic N) is 2. The molecule has 0 bridgehead atoms. The molecule has 0 aliphatic carbocycles. The zero-order chi connectivity index (χ0) is 18.4. The number of carbonyl (C=O) groups excluding carboxylic acids is 2. The number of benzene rings is 1. The number of ether oxygens (including phenoxy) is 1. The minimum atomic E-state index is -0.152. The first kappa shape index (κ1) is 18.5. The summed E-state index contributed by atoms with van der Waals surface area (Å²) < 4.78 is 5.09. The van der Waals surface area contributed by atoms with Crippen LogP contribution in [0.5, 0.6) is 0 Å². The van der Waals surface area contributed by atoms with E-state index in [1.807, 2.05) is 48.2 Å². The van der Waals surface area contributed by atoms with Gasteiger partial charge in [-0.2, -0.15) is 0 Å². The van der Waals surface area contributed by atoms with Crippen molar-refractivity contribution in [3.05, 3.63) is 54.2 Å². The van der Waals surface area contributed by atoms with E-state index >= 15 is 0 Å². The summed E-state index contributed by atoms with van der Waals surface area (Å²) in [5, 5.41) is 0.705. The van der Waals surface area contributed by atoms with Crippen molar-refractivity contribution >= 4 is 23.6 Å². The predicted octanol–water partition coefficient (Wildman–Crippen LogP) is 3.65. The fraction of sp³-hybridized carbons (Fsp3) is 0.350. The summed E-state index contributed by atoms with van der Waals surface area (Å²) in [6, 6.07) is 13.5. The molecule has 26 heavy (non-hydrogen) atoms. The summed E-state index contributed by atoms with van der Waals surface area (Å²) in [6.45, 7) is 3.33. The highest BCUT2D eigenvalue weighted by molar-refractivity contribution is 7.99. The molecule has 1 aliphatic heterocycles. The Balaban J connectivity index is 1.68. The Kier molecular flexibility index (Phi) is 6.28. The number of esters is 1. The molecule has 2 heterocycles. The molecule has 1 amide bonds. The van der Waals surface area contributed by atoms with Crippen LogP contribution in [0.4, 0.5) is 0 Å². The van der Waals surface area contributed by atoms with Crippen LogP contribution < -0.4 is 0 Å². The topological polar surface area (TPSA) is 59.5 Å². The Bertz CT molecular complexity index is 759. The minimum Gasteiger partial charge on any atom is -0.466 e. The Hall–Kier alpha value is -2.34. The Morgan fingerprint density at radius 2 is 1.88 bits per heavy atom. The largest absolute Gasteiger partial charge is 0.466 e. The van der Waals surface area contributed by atoms with Crippen molar-refractivity contribution in [1.82, 2.24) is 9.88 Å². The number of rotatable bonds is 5. The molecule has 1 saturated heterocycles. The van der Waals surface area contributed by atoms with Crippen molar-refractivity contribution in [3.63, 3.8) is 0 Å². The fourth-order valence-corrected chi connectivity index (χ4v) is 3.88. The zero-order valence-electron chi connectivity index (χ0n) is 14.8. The van der Waals surface area contributed by atoms with Crippen molar-refractivity contribution in [2.45, 2.75) is 29.7 Å². The van der Waals surface area contributed by atoms with Crippen LogP contribution in [0, 0.1) is 5.92 Å². The minimum absolute atomic E-state index is 0.0289. The molecule has 5 nitrogen and oxygen atoms in total. The van der Waals surface area contributed by atoms with Crippen LogP contribution in [-0.2, 0) is 9.53 Å². The lowest BCUT2D eigenvalue weighted by atomic mass is 9.96. The first-order valence-electron chi connectivity index (χ1n) is 8.83. The van der Waals surface area contributed by atoms with Crippen LogP contribution in [-0.4, -0.2) is 41.5 Å². The molecule has 1 aromatic carbocycles. The second-order valence-electron chi connectivity index (χ2n) is 6.09. The number of amides is 1. The average molecular weight is 370 g/mol. The molecule has 136 valence electrons. The molecular weight excluding hydrogens is 348 g/mol. The van der Waals surface area contributed by atoms with Crippen LogP contribution in [0.25, 0.3) is 0 Å². The van der Waals surface area contributed by atoms with Gasteiger partial charge < -0.3 is 9.64 Å². The normalized spacial score (nSPS) is 14.9. The monoisotopic (exact) mass is 370 g/mol. The summed E-state index contributed by atoms with van der Waals surface area (Å²) >= 11 is 1.49. The third-order valence-corrected chi connectivity index (χ3v) is 5.39. The molecule has 0 saturated carbocycles. The van der Waals surface area contributed by atoms with Crippen molar-refractivity contribution in [1.29, 1.82) is 0 Å². The maximum absolute atomic E-state index is 13.0. The van der Waals surface area contributed by atoms with E-state index in [0.29, 0.717) is 43.1 Å². The lowest BCUT2D eigenvalue weighted by molar-refractivity contribution is -0.149. The van der Waals surface area contributed by atoms with Gasteiger partial charge in [-0.25, -0.2) is 4.98 Å². The highest BCUT2D eigenvalue weighted by atomic mass is 32.2. The third kappa shape index (κ3) is 4.43. The van der Waals surface area contributed by atoms with Crippen LogP contribution in [0.2, 0.25) is 0 Å². The second-order valence-corrected chi connectivity index (χ2v) is 7.15. The molecule has 3 rings (SSSR count). The van der Waals surface area contributed by atoms with E-state index in [4.69, 9.17) is 4.74 Å². The lowest BCUT2D eigenvalue weighted by Gasteiger charge is -2.31. The van der Waals surface area contributed by atoms with Gasteiger partial charge in [-0.1, -0.05) is 30.0 Å². The predicted molar refractivity (Wildman–Crippen MR) is 100 cm³/mol. The summed E-state index contributed by atoms with van der Waals surface area (Å²) in [7, 11) is 0. The van der Waals surface area contributed by atoms with Gasteiger partial charge in [0.15, 0.2) is 0 Å². The number of hydrogen-bond donors (Lipinski definition) is 0. The number of aromatic nitrogens is 1. The highest BCUT2D eigenvalue weighted by Crippen LogP contribution is 2.30. The van der Waals surface area contributed by atoms with E-state index in [1.165, 1.54) is 11.8 Å². The lowest BCUT2D eigenvalue weighted by Crippen LogP contribution is -2.40. The van der Waals surface area contributed by atoms with Crippen LogP contribution >= 0.6 is 11.8 Å². The Morgan fingerprint density at radius 3 is 2.58 bits per heavy atom. The van der Waals surface area contributed by atoms with Gasteiger partial charge in [0.25, 0.3) is 5.91 Å². The number of piperidine rings is 1. The average Bonchev–Trinajstić information content (AvgIpc) is 2.69. The Morgan fingerprint density at radius 1 is 1.15 bits per heavy atom. The van der Waals surface area contributed by atoms with E-state index in [0.717, 1.165) is 4.90 Å². The first-order chi connectivity index (χ1) is 12.7. The number of hydrogen-bond acceptors (Lipinski definition) is 5. The molecule has 1 aliphatic rings. The number of carbonyl (C=O) groups is 2. The van der Waals surface area contributed by atoms with E-state index < -0.39 is 0 Å². The SMILES string of the molecule is CCOC(=O)C1CCN(C(=O)c2cccnc2Sc2ccccc2)CC1. The molecule has 0 unspecified atom stereocenters. The quantitative estimate of drug-likeness (QED) is 0.752. The van der Waals surface area contributed by atoms with Gasteiger partial charge >= 0.3 is 5.97 Å². The highest BCUT2D eigenvalue weighted by Gasteiger charge is 2.29. The molecule has 1 aromatic heterocycles. The van der Waals surface area contributed by atoms with Crippen LogP contribution in [0.3, 0.4) is 0 Å². The number of likely N-dealkylation sites (tertiary alicyclic amines) is 1. The third-order valence-electron chi connectivity index (χ3n) is 4.36. The molecule has 1 fully saturated rings.